The summed E-state index contributed by atoms with van der Waals surface area (Å²) in [5, 5.41) is 0.915. The Morgan fingerprint density at radius 1 is 0.737 bits per heavy atom. The second-order valence-corrected chi connectivity index (χ2v) is 9.29. The molecule has 0 aliphatic rings. The average molecular weight is 521 g/mol. The number of ether oxygens (including phenoxy) is 1. The van der Waals surface area contributed by atoms with E-state index in [1.807, 2.05) is 60.7 Å². The first-order valence-corrected chi connectivity index (χ1v) is 12.8. The molecule has 3 aromatic carbocycles. The molecular weight excluding hydrogens is 496 g/mol. The van der Waals surface area contributed by atoms with Crippen LogP contribution in [0.2, 0.25) is 0 Å². The van der Waals surface area contributed by atoms with Crippen molar-refractivity contribution >= 4 is 23.2 Å². The van der Waals surface area contributed by atoms with Crippen LogP contribution in [0.4, 0.5) is 0 Å². The van der Waals surface area contributed by atoms with Crippen molar-refractivity contribution in [2.75, 3.05) is 6.61 Å². The second-order valence-electron chi connectivity index (χ2n) is 8.29. The molecule has 5 rings (SSSR count). The van der Waals surface area contributed by atoms with Crippen molar-refractivity contribution in [2.45, 2.75) is 6.42 Å². The molecule has 0 saturated heterocycles. The van der Waals surface area contributed by atoms with Crippen LogP contribution in [0.15, 0.2) is 109 Å². The Bertz CT molecular complexity index is 1450. The van der Waals surface area contributed by atoms with Crippen LogP contribution in [-0.2, 0) is 4.79 Å². The molecule has 0 saturated carbocycles. The molecule has 0 bridgehead atoms. The minimum Gasteiger partial charge on any atom is -0.493 e. The fourth-order valence-corrected chi connectivity index (χ4v) is 4.84. The Morgan fingerprint density at radius 3 is 2.08 bits per heavy atom. The minimum absolute atomic E-state index is 0.0890. The maximum absolute atomic E-state index is 12.1. The standard InChI is InChI=1S/C30H24N4O3S/c35-26(33-34-29(36)23-15-18-31-19-16-23)17-20-37-25-13-11-24(12-14-25)30-32-27(21-7-3-1-4-8-21)28(38-30)22-9-5-2-6-10-22/h1-16,18-19H,17,20H2,(H,33,35)(H,34,36). The summed E-state index contributed by atoms with van der Waals surface area (Å²) in [6.45, 7) is 0.171. The molecule has 5 aromatic rings. The van der Waals surface area contributed by atoms with Crippen LogP contribution in [0, 0.1) is 0 Å². The van der Waals surface area contributed by atoms with Gasteiger partial charge in [0.05, 0.1) is 23.6 Å². The van der Waals surface area contributed by atoms with E-state index < -0.39 is 5.91 Å². The van der Waals surface area contributed by atoms with Crippen LogP contribution in [0.5, 0.6) is 5.75 Å². The molecule has 0 spiro atoms. The van der Waals surface area contributed by atoms with Crippen molar-refractivity contribution in [3.05, 3.63) is 115 Å². The van der Waals surface area contributed by atoms with Crippen LogP contribution in [0.3, 0.4) is 0 Å². The van der Waals surface area contributed by atoms with Gasteiger partial charge < -0.3 is 4.74 Å². The molecule has 0 atom stereocenters. The SMILES string of the molecule is O=C(CCOc1ccc(-c2nc(-c3ccccc3)c(-c3ccccc3)s2)cc1)NNC(=O)c1ccncc1. The molecule has 0 aliphatic heterocycles. The predicted octanol–water partition coefficient (Wildman–Crippen LogP) is 5.77. The van der Waals surface area contributed by atoms with E-state index in [0.29, 0.717) is 11.3 Å². The third kappa shape index (κ3) is 6.11. The first-order valence-electron chi connectivity index (χ1n) is 12.0. The summed E-state index contributed by atoms with van der Waals surface area (Å²) < 4.78 is 5.73. The van der Waals surface area contributed by atoms with Gasteiger partial charge in [-0.3, -0.25) is 25.4 Å². The van der Waals surface area contributed by atoms with E-state index in [1.54, 1.807) is 23.5 Å². The van der Waals surface area contributed by atoms with E-state index in [9.17, 15) is 9.59 Å². The number of aromatic nitrogens is 2. The van der Waals surface area contributed by atoms with Crippen molar-refractivity contribution in [1.82, 2.24) is 20.8 Å². The third-order valence-electron chi connectivity index (χ3n) is 5.67. The van der Waals surface area contributed by atoms with Gasteiger partial charge >= 0.3 is 0 Å². The van der Waals surface area contributed by atoms with Gasteiger partial charge in [0.15, 0.2) is 0 Å². The molecule has 2 amide bonds. The molecule has 38 heavy (non-hydrogen) atoms. The van der Waals surface area contributed by atoms with Crippen molar-refractivity contribution in [1.29, 1.82) is 0 Å². The number of hydrogen-bond acceptors (Lipinski definition) is 6. The number of benzene rings is 3. The van der Waals surface area contributed by atoms with Crippen LogP contribution in [-0.4, -0.2) is 28.4 Å². The van der Waals surface area contributed by atoms with Crippen molar-refractivity contribution in [3.63, 3.8) is 0 Å². The molecular formula is C30H24N4O3S. The lowest BCUT2D eigenvalue weighted by molar-refractivity contribution is -0.122. The van der Waals surface area contributed by atoms with E-state index in [1.165, 1.54) is 12.4 Å². The fraction of sp³-hybridized carbons (Fsp3) is 0.0667. The van der Waals surface area contributed by atoms with Crippen LogP contribution in [0.25, 0.3) is 32.3 Å². The highest BCUT2D eigenvalue weighted by atomic mass is 32.1. The summed E-state index contributed by atoms with van der Waals surface area (Å²) in [5.74, 6) is -0.121. The van der Waals surface area contributed by atoms with Gasteiger partial charge in [0.25, 0.3) is 5.91 Å². The Balaban J connectivity index is 1.20. The third-order valence-corrected chi connectivity index (χ3v) is 6.82. The van der Waals surface area contributed by atoms with Gasteiger partial charge in [-0.25, -0.2) is 4.98 Å². The van der Waals surface area contributed by atoms with Gasteiger partial charge in [0.1, 0.15) is 10.8 Å². The summed E-state index contributed by atoms with van der Waals surface area (Å²) in [6.07, 6.45) is 3.11. The molecule has 8 heteroatoms. The maximum Gasteiger partial charge on any atom is 0.269 e. The first-order chi connectivity index (χ1) is 18.7. The number of rotatable bonds is 8. The Hall–Kier alpha value is -4.82. The Kier molecular flexibility index (Phi) is 7.81. The largest absolute Gasteiger partial charge is 0.493 e. The number of amides is 2. The zero-order valence-electron chi connectivity index (χ0n) is 20.3. The number of nitrogens with zero attached hydrogens (tertiary/aromatic N) is 2. The molecule has 0 fully saturated rings. The Morgan fingerprint density at radius 2 is 1.39 bits per heavy atom. The van der Waals surface area contributed by atoms with E-state index in [0.717, 1.165) is 32.3 Å². The fourth-order valence-electron chi connectivity index (χ4n) is 3.74. The van der Waals surface area contributed by atoms with E-state index in [4.69, 9.17) is 9.72 Å². The number of carbonyl (C=O) groups is 2. The summed E-state index contributed by atoms with van der Waals surface area (Å²) in [7, 11) is 0. The van der Waals surface area contributed by atoms with Gasteiger partial charge in [-0.15, -0.1) is 11.3 Å². The molecule has 2 aromatic heterocycles. The normalized spacial score (nSPS) is 10.5. The topological polar surface area (TPSA) is 93.2 Å². The average Bonchev–Trinajstić information content (AvgIpc) is 3.43. The van der Waals surface area contributed by atoms with Crippen LogP contribution in [0.1, 0.15) is 16.8 Å². The number of nitrogens with one attached hydrogen (secondary N) is 2. The number of pyridine rings is 1. The highest BCUT2D eigenvalue weighted by Gasteiger charge is 2.16. The smallest absolute Gasteiger partial charge is 0.269 e. The van der Waals surface area contributed by atoms with E-state index >= 15 is 0 Å². The summed E-state index contributed by atoms with van der Waals surface area (Å²) in [6, 6.07) is 31.2. The minimum atomic E-state index is -0.412. The molecule has 0 radical (unpaired) electrons. The second kappa shape index (κ2) is 11.9. The number of hydrazine groups is 1. The lowest BCUT2D eigenvalue weighted by atomic mass is 10.1. The monoisotopic (exact) mass is 520 g/mol. The quantitative estimate of drug-likeness (QED) is 0.254. The Labute approximate surface area is 224 Å². The molecule has 188 valence electrons. The zero-order valence-corrected chi connectivity index (χ0v) is 21.2. The summed E-state index contributed by atoms with van der Waals surface area (Å²) in [5.41, 5.74) is 9.31. The lowest BCUT2D eigenvalue weighted by Gasteiger charge is -2.09. The van der Waals surface area contributed by atoms with E-state index in [2.05, 4.69) is 40.1 Å². The zero-order chi connectivity index (χ0) is 26.2. The maximum atomic E-state index is 12.1. The highest BCUT2D eigenvalue weighted by Crippen LogP contribution is 2.40. The van der Waals surface area contributed by atoms with Gasteiger partial charge in [0.2, 0.25) is 5.91 Å². The number of thiazole rings is 1. The molecule has 7 nitrogen and oxygen atoms in total. The van der Waals surface area contributed by atoms with Crippen LogP contribution < -0.4 is 15.6 Å². The number of hydrogen-bond donors (Lipinski definition) is 2. The number of carbonyl (C=O) groups excluding carboxylic acids is 2. The van der Waals surface area contributed by atoms with Gasteiger partial charge in [0, 0.05) is 29.1 Å². The molecule has 2 N–H and O–H groups in total. The van der Waals surface area contributed by atoms with Gasteiger partial charge in [-0.05, 0) is 42.0 Å². The summed E-state index contributed by atoms with van der Waals surface area (Å²) in [4.78, 5) is 34.0. The van der Waals surface area contributed by atoms with Gasteiger partial charge in [-0.1, -0.05) is 60.7 Å². The molecule has 0 unspecified atom stereocenters. The van der Waals surface area contributed by atoms with Crippen molar-refractivity contribution < 1.29 is 14.3 Å². The van der Waals surface area contributed by atoms with Crippen molar-refractivity contribution in [2.24, 2.45) is 0 Å². The molecule has 2 heterocycles. The van der Waals surface area contributed by atoms with Crippen LogP contribution >= 0.6 is 11.3 Å². The molecule has 0 aliphatic carbocycles. The summed E-state index contributed by atoms with van der Waals surface area (Å²) >= 11 is 1.65. The van der Waals surface area contributed by atoms with Gasteiger partial charge in [-0.2, -0.15) is 0 Å². The first kappa shape index (κ1) is 24.9. The van der Waals surface area contributed by atoms with E-state index in [-0.39, 0.29) is 18.9 Å². The highest BCUT2D eigenvalue weighted by molar-refractivity contribution is 7.19. The lowest BCUT2D eigenvalue weighted by Crippen LogP contribution is -2.42. The van der Waals surface area contributed by atoms with Crippen molar-refractivity contribution in [3.8, 4) is 38.0 Å². The predicted molar refractivity (Wildman–Crippen MR) is 148 cm³/mol.